The molecule has 0 fully saturated rings. The lowest BCUT2D eigenvalue weighted by Gasteiger charge is -2.01. The number of rotatable bonds is 1. The largest absolute Gasteiger partial charge is 0.367 e. The van der Waals surface area contributed by atoms with E-state index in [9.17, 15) is 0 Å². The molecule has 0 aliphatic carbocycles. The maximum absolute atomic E-state index is 5.60. The van der Waals surface area contributed by atoms with Gasteiger partial charge in [0.1, 0.15) is 11.3 Å². The van der Waals surface area contributed by atoms with Gasteiger partial charge in [0.2, 0.25) is 5.95 Å². The quantitative estimate of drug-likeness (QED) is 0.571. The van der Waals surface area contributed by atoms with Gasteiger partial charge in [-0.25, -0.2) is 19.5 Å². The monoisotopic (exact) mass is 279 g/mol. The number of aromatic nitrogens is 6. The molecule has 104 valence electrons. The minimum absolute atomic E-state index is 0.246. The van der Waals surface area contributed by atoms with Gasteiger partial charge in [-0.05, 0) is 25.1 Å². The van der Waals surface area contributed by atoms with Crippen LogP contribution in [0.4, 0.5) is 5.95 Å². The van der Waals surface area contributed by atoms with Crippen molar-refractivity contribution in [1.82, 2.24) is 29.1 Å². The molecular formula is C14H13N7. The van der Waals surface area contributed by atoms with E-state index < -0.39 is 0 Å². The van der Waals surface area contributed by atoms with E-state index >= 15 is 0 Å². The number of hydrogen-bond donors (Lipinski definition) is 1. The Kier molecular flexibility index (Phi) is 2.26. The molecule has 0 bridgehead atoms. The summed E-state index contributed by atoms with van der Waals surface area (Å²) < 4.78 is 3.68. The average molecular weight is 279 g/mol. The fraction of sp³-hybridized carbons (Fsp3) is 0.143. The summed E-state index contributed by atoms with van der Waals surface area (Å²) in [5.74, 6) is 1.18. The fourth-order valence-electron chi connectivity index (χ4n) is 2.46. The number of imidazole rings is 1. The minimum Gasteiger partial charge on any atom is -0.367 e. The van der Waals surface area contributed by atoms with Crippen LogP contribution in [0, 0.1) is 6.92 Å². The van der Waals surface area contributed by atoms with E-state index in [1.807, 2.05) is 42.9 Å². The number of pyridine rings is 1. The Labute approximate surface area is 120 Å². The summed E-state index contributed by atoms with van der Waals surface area (Å²) in [5, 5.41) is 4.14. The molecule has 0 atom stereocenters. The maximum Gasteiger partial charge on any atom is 0.238 e. The van der Waals surface area contributed by atoms with Crippen LogP contribution in [-0.4, -0.2) is 29.1 Å². The van der Waals surface area contributed by atoms with Crippen LogP contribution < -0.4 is 5.73 Å². The Morgan fingerprint density at radius 3 is 2.86 bits per heavy atom. The first kappa shape index (κ1) is 11.8. The number of nitrogen functional groups attached to an aromatic ring is 1. The highest BCUT2D eigenvalue weighted by Crippen LogP contribution is 2.25. The van der Waals surface area contributed by atoms with Crippen molar-refractivity contribution in [2.24, 2.45) is 7.05 Å². The van der Waals surface area contributed by atoms with Crippen molar-refractivity contribution < 1.29 is 0 Å². The summed E-state index contributed by atoms with van der Waals surface area (Å²) in [5.41, 5.74) is 10.1. The first-order chi connectivity index (χ1) is 10.1. The van der Waals surface area contributed by atoms with Crippen LogP contribution in [0.15, 0.2) is 30.6 Å². The number of hydrogen-bond acceptors (Lipinski definition) is 5. The zero-order chi connectivity index (χ0) is 14.6. The summed E-state index contributed by atoms with van der Waals surface area (Å²) in [6.07, 6.45) is 3.56. The summed E-state index contributed by atoms with van der Waals surface area (Å²) in [7, 11) is 1.96. The van der Waals surface area contributed by atoms with Gasteiger partial charge in [0.15, 0.2) is 5.65 Å². The van der Waals surface area contributed by atoms with Crippen LogP contribution >= 0.6 is 0 Å². The van der Waals surface area contributed by atoms with E-state index in [0.717, 1.165) is 33.8 Å². The van der Waals surface area contributed by atoms with Gasteiger partial charge < -0.3 is 10.3 Å². The van der Waals surface area contributed by atoms with Crippen molar-refractivity contribution in [2.45, 2.75) is 6.92 Å². The zero-order valence-electron chi connectivity index (χ0n) is 11.6. The minimum atomic E-state index is 0.246. The molecule has 4 aromatic heterocycles. The molecule has 0 radical (unpaired) electrons. The number of aryl methyl sites for hydroxylation is 2. The zero-order valence-corrected chi connectivity index (χ0v) is 11.6. The van der Waals surface area contributed by atoms with Crippen molar-refractivity contribution in [3.05, 3.63) is 36.4 Å². The van der Waals surface area contributed by atoms with Crippen LogP contribution in [-0.2, 0) is 7.05 Å². The molecule has 4 rings (SSSR count). The van der Waals surface area contributed by atoms with E-state index in [4.69, 9.17) is 10.7 Å². The van der Waals surface area contributed by atoms with Crippen molar-refractivity contribution in [1.29, 1.82) is 0 Å². The van der Waals surface area contributed by atoms with E-state index in [0.29, 0.717) is 0 Å². The summed E-state index contributed by atoms with van der Waals surface area (Å²) in [6, 6.07) is 5.90. The SMILES string of the molecule is Cc1nc2ccc(-c3ccn4nc(N)ncc34)nc2n1C. The molecule has 0 saturated heterocycles. The summed E-state index contributed by atoms with van der Waals surface area (Å²) in [6.45, 7) is 1.96. The second kappa shape index (κ2) is 4.02. The Morgan fingerprint density at radius 1 is 1.14 bits per heavy atom. The Hall–Kier alpha value is -2.96. The molecule has 0 saturated carbocycles. The third kappa shape index (κ3) is 1.67. The lowest BCUT2D eigenvalue weighted by Crippen LogP contribution is -1.99. The molecule has 7 heteroatoms. The van der Waals surface area contributed by atoms with Gasteiger partial charge in [-0.1, -0.05) is 0 Å². The van der Waals surface area contributed by atoms with Crippen LogP contribution in [0.2, 0.25) is 0 Å². The molecule has 0 aromatic carbocycles. The second-order valence-corrected chi connectivity index (χ2v) is 4.93. The standard InChI is InChI=1S/C14H13N7/c1-8-17-11-4-3-10(18-13(11)20(8)2)9-5-6-21-12(9)7-16-14(15)19-21/h3-7H,1-2H3,(H2,15,19). The highest BCUT2D eigenvalue weighted by molar-refractivity contribution is 5.82. The predicted octanol–water partition coefficient (Wildman–Crippen LogP) is 1.57. The van der Waals surface area contributed by atoms with E-state index in [2.05, 4.69) is 15.1 Å². The molecule has 7 nitrogen and oxygen atoms in total. The van der Waals surface area contributed by atoms with Gasteiger partial charge in [0.05, 0.1) is 17.4 Å². The van der Waals surface area contributed by atoms with E-state index in [-0.39, 0.29) is 5.95 Å². The third-order valence-electron chi connectivity index (χ3n) is 3.65. The van der Waals surface area contributed by atoms with E-state index in [1.54, 1.807) is 10.7 Å². The lowest BCUT2D eigenvalue weighted by atomic mass is 10.2. The van der Waals surface area contributed by atoms with Gasteiger partial charge in [-0.2, -0.15) is 0 Å². The maximum atomic E-state index is 5.60. The summed E-state index contributed by atoms with van der Waals surface area (Å²) >= 11 is 0. The number of fused-ring (bicyclic) bond motifs is 2. The van der Waals surface area contributed by atoms with Crippen LogP contribution in [0.25, 0.3) is 27.9 Å². The molecule has 0 amide bonds. The molecule has 0 spiro atoms. The first-order valence-corrected chi connectivity index (χ1v) is 6.54. The van der Waals surface area contributed by atoms with Gasteiger partial charge in [-0.15, -0.1) is 5.10 Å². The molecule has 4 heterocycles. The molecule has 21 heavy (non-hydrogen) atoms. The highest BCUT2D eigenvalue weighted by atomic mass is 15.3. The molecule has 4 aromatic rings. The van der Waals surface area contributed by atoms with Crippen molar-refractivity contribution >= 4 is 22.6 Å². The molecule has 2 N–H and O–H groups in total. The second-order valence-electron chi connectivity index (χ2n) is 4.93. The molecule has 0 aliphatic rings. The van der Waals surface area contributed by atoms with E-state index in [1.165, 1.54) is 0 Å². The predicted molar refractivity (Wildman–Crippen MR) is 79.6 cm³/mol. The van der Waals surface area contributed by atoms with Gasteiger partial charge >= 0.3 is 0 Å². The smallest absolute Gasteiger partial charge is 0.238 e. The van der Waals surface area contributed by atoms with Gasteiger partial charge in [0, 0.05) is 18.8 Å². The van der Waals surface area contributed by atoms with Crippen molar-refractivity contribution in [2.75, 3.05) is 5.73 Å². The fourth-order valence-corrected chi connectivity index (χ4v) is 2.46. The summed E-state index contributed by atoms with van der Waals surface area (Å²) in [4.78, 5) is 13.2. The number of nitrogens with two attached hydrogens (primary N) is 1. The Balaban J connectivity index is 1.97. The van der Waals surface area contributed by atoms with Crippen molar-refractivity contribution in [3.63, 3.8) is 0 Å². The normalized spacial score (nSPS) is 11.5. The van der Waals surface area contributed by atoms with Gasteiger partial charge in [-0.3, -0.25) is 0 Å². The van der Waals surface area contributed by atoms with Gasteiger partial charge in [0.25, 0.3) is 0 Å². The Morgan fingerprint density at radius 2 is 2.00 bits per heavy atom. The number of nitrogens with zero attached hydrogens (tertiary/aromatic N) is 6. The van der Waals surface area contributed by atoms with Crippen LogP contribution in [0.3, 0.4) is 0 Å². The molecular weight excluding hydrogens is 266 g/mol. The lowest BCUT2D eigenvalue weighted by molar-refractivity contribution is 0.874. The molecule has 0 aliphatic heterocycles. The molecule has 0 unspecified atom stereocenters. The van der Waals surface area contributed by atoms with Crippen molar-refractivity contribution in [3.8, 4) is 11.3 Å². The average Bonchev–Trinajstić information content (AvgIpc) is 3.00. The third-order valence-corrected chi connectivity index (χ3v) is 3.65. The van der Waals surface area contributed by atoms with Crippen LogP contribution in [0.1, 0.15) is 5.82 Å². The highest BCUT2D eigenvalue weighted by Gasteiger charge is 2.11. The topological polar surface area (TPSA) is 86.9 Å². The van der Waals surface area contributed by atoms with Crippen LogP contribution in [0.5, 0.6) is 0 Å². The Bertz CT molecular complexity index is 980. The number of anilines is 1. The first-order valence-electron chi connectivity index (χ1n) is 6.54.